The van der Waals surface area contributed by atoms with Crippen LogP contribution in [0.25, 0.3) is 6.08 Å². The van der Waals surface area contributed by atoms with Gasteiger partial charge in [0.2, 0.25) is 5.91 Å². The van der Waals surface area contributed by atoms with E-state index in [-0.39, 0.29) is 22.0 Å². The smallest absolute Gasteiger partial charge is 0.328 e. The average Bonchev–Trinajstić information content (AvgIpc) is 3.50. The highest BCUT2D eigenvalue weighted by Crippen LogP contribution is 2.22. The van der Waals surface area contributed by atoms with Crippen molar-refractivity contribution in [1.82, 2.24) is 16.0 Å². The minimum Gasteiger partial charge on any atom is -0.480 e. The third-order valence-electron chi connectivity index (χ3n) is 4.66. The van der Waals surface area contributed by atoms with Gasteiger partial charge in [0.25, 0.3) is 11.8 Å². The third-order valence-corrected chi connectivity index (χ3v) is 5.87. The number of halogens is 2. The van der Waals surface area contributed by atoms with Crippen molar-refractivity contribution in [2.75, 3.05) is 12.3 Å². The Morgan fingerprint density at radius 3 is 2.56 bits per heavy atom. The molecule has 0 saturated heterocycles. The Morgan fingerprint density at radius 1 is 1.17 bits per heavy atom. The van der Waals surface area contributed by atoms with Gasteiger partial charge in [0.15, 0.2) is 0 Å². The van der Waals surface area contributed by atoms with Crippen molar-refractivity contribution >= 4 is 57.7 Å². The third kappa shape index (κ3) is 7.17. The van der Waals surface area contributed by atoms with Crippen LogP contribution in [0.1, 0.15) is 31.4 Å². The highest BCUT2D eigenvalue weighted by Gasteiger charge is 2.25. The molecule has 6 N–H and O–H groups in total. The van der Waals surface area contributed by atoms with E-state index in [9.17, 15) is 28.7 Å². The molecule has 3 rings (SSSR count). The van der Waals surface area contributed by atoms with Crippen molar-refractivity contribution in [2.45, 2.75) is 12.6 Å². The number of rotatable bonds is 10. The number of hydrogen-bond acceptors (Lipinski definition) is 7. The number of anilines is 1. The largest absolute Gasteiger partial charge is 0.480 e. The van der Waals surface area contributed by atoms with Gasteiger partial charge in [0.05, 0.1) is 26.7 Å². The molecule has 3 aromatic rings. The van der Waals surface area contributed by atoms with Gasteiger partial charge in [-0.1, -0.05) is 11.6 Å². The topological polar surface area (TPSA) is 164 Å². The van der Waals surface area contributed by atoms with Crippen LogP contribution in [-0.2, 0) is 16.1 Å². The SMILES string of the molecule is Nc1ccc(C(=O)NC[C@H](NC(=O)c2c(F)cc(CNC(=O)/C=C/c3ccco3)cc2Cl)C(=O)O)s1. The van der Waals surface area contributed by atoms with Gasteiger partial charge in [0.1, 0.15) is 17.6 Å². The van der Waals surface area contributed by atoms with Gasteiger partial charge in [-0.15, -0.1) is 11.3 Å². The second-order valence-electron chi connectivity index (χ2n) is 7.28. The fourth-order valence-electron chi connectivity index (χ4n) is 2.92. The van der Waals surface area contributed by atoms with E-state index in [0.29, 0.717) is 10.8 Å². The van der Waals surface area contributed by atoms with Gasteiger partial charge in [-0.3, -0.25) is 14.4 Å². The van der Waals surface area contributed by atoms with Gasteiger partial charge in [-0.05, 0) is 48.0 Å². The van der Waals surface area contributed by atoms with E-state index < -0.39 is 47.7 Å². The Labute approximate surface area is 212 Å². The molecule has 0 bridgehead atoms. The average molecular weight is 535 g/mol. The zero-order valence-corrected chi connectivity index (χ0v) is 20.0. The number of nitrogens with one attached hydrogen (secondary N) is 3. The molecule has 0 aliphatic carbocycles. The Morgan fingerprint density at radius 2 is 1.94 bits per heavy atom. The summed E-state index contributed by atoms with van der Waals surface area (Å²) in [5.41, 5.74) is 5.26. The molecule has 2 aromatic heterocycles. The first-order valence-electron chi connectivity index (χ1n) is 10.3. The first-order chi connectivity index (χ1) is 17.1. The fraction of sp³-hybridized carbons (Fsp3) is 0.130. The molecular weight excluding hydrogens is 515 g/mol. The zero-order valence-electron chi connectivity index (χ0n) is 18.4. The molecule has 36 heavy (non-hydrogen) atoms. The summed E-state index contributed by atoms with van der Waals surface area (Å²) in [4.78, 5) is 48.4. The fourth-order valence-corrected chi connectivity index (χ4v) is 3.93. The number of carbonyl (C=O) groups is 4. The Balaban J connectivity index is 1.60. The first kappa shape index (κ1) is 26.4. The second-order valence-corrected chi connectivity index (χ2v) is 8.80. The summed E-state index contributed by atoms with van der Waals surface area (Å²) in [6, 6.07) is 7.02. The number of hydrogen-bond donors (Lipinski definition) is 5. The van der Waals surface area contributed by atoms with Gasteiger partial charge in [0, 0.05) is 19.2 Å². The van der Waals surface area contributed by atoms with E-state index >= 15 is 0 Å². The number of carbonyl (C=O) groups excluding carboxylic acids is 3. The van der Waals surface area contributed by atoms with Gasteiger partial charge >= 0.3 is 5.97 Å². The minimum absolute atomic E-state index is 0.0864. The Kier molecular flexibility index (Phi) is 8.81. The number of benzene rings is 1. The quantitative estimate of drug-likeness (QED) is 0.249. The molecule has 0 fully saturated rings. The second kappa shape index (κ2) is 12.0. The maximum absolute atomic E-state index is 14.7. The number of nitrogens with two attached hydrogens (primary N) is 1. The van der Waals surface area contributed by atoms with Crippen LogP contribution >= 0.6 is 22.9 Å². The summed E-state index contributed by atoms with van der Waals surface area (Å²) in [6.07, 6.45) is 4.14. The molecule has 10 nitrogen and oxygen atoms in total. The molecule has 188 valence electrons. The zero-order chi connectivity index (χ0) is 26.2. The van der Waals surface area contributed by atoms with Gasteiger partial charge < -0.3 is 31.2 Å². The molecular formula is C23H20ClFN4O6S. The molecule has 0 aliphatic rings. The molecule has 0 spiro atoms. The Bertz CT molecular complexity index is 1280. The lowest BCUT2D eigenvalue weighted by Gasteiger charge is -2.16. The highest BCUT2D eigenvalue weighted by molar-refractivity contribution is 7.17. The lowest BCUT2D eigenvalue weighted by atomic mass is 10.1. The summed E-state index contributed by atoms with van der Waals surface area (Å²) in [7, 11) is 0. The predicted molar refractivity (Wildman–Crippen MR) is 131 cm³/mol. The monoisotopic (exact) mass is 534 g/mol. The van der Waals surface area contributed by atoms with Crippen LogP contribution in [0.5, 0.6) is 0 Å². The number of thiophene rings is 1. The lowest BCUT2D eigenvalue weighted by molar-refractivity contribution is -0.139. The van der Waals surface area contributed by atoms with Crippen molar-refractivity contribution in [1.29, 1.82) is 0 Å². The summed E-state index contributed by atoms with van der Waals surface area (Å²) < 4.78 is 19.8. The molecule has 1 aromatic carbocycles. The van der Waals surface area contributed by atoms with Crippen molar-refractivity contribution < 1.29 is 33.1 Å². The minimum atomic E-state index is -1.56. The Hall–Kier alpha value is -4.16. The van der Waals surface area contributed by atoms with E-state index in [4.69, 9.17) is 21.8 Å². The lowest BCUT2D eigenvalue weighted by Crippen LogP contribution is -2.48. The maximum Gasteiger partial charge on any atom is 0.328 e. The molecule has 3 amide bonds. The van der Waals surface area contributed by atoms with E-state index in [1.165, 1.54) is 36.6 Å². The van der Waals surface area contributed by atoms with Crippen LogP contribution in [0.3, 0.4) is 0 Å². The summed E-state index contributed by atoms with van der Waals surface area (Å²) in [5, 5.41) is 16.6. The van der Waals surface area contributed by atoms with Crippen LogP contribution in [0.2, 0.25) is 5.02 Å². The number of carboxylic acids is 1. The van der Waals surface area contributed by atoms with Crippen molar-refractivity contribution in [3.05, 3.63) is 81.3 Å². The molecule has 0 radical (unpaired) electrons. The number of furan rings is 1. The summed E-state index contributed by atoms with van der Waals surface area (Å²) in [5.74, 6) is -4.12. The van der Waals surface area contributed by atoms with Crippen LogP contribution in [0, 0.1) is 5.82 Å². The first-order valence-corrected chi connectivity index (χ1v) is 11.5. The van der Waals surface area contributed by atoms with Crippen LogP contribution in [-0.4, -0.2) is 41.4 Å². The molecule has 1 atom stereocenters. The molecule has 0 saturated carbocycles. The number of amides is 3. The van der Waals surface area contributed by atoms with Gasteiger partial charge in [-0.25, -0.2) is 9.18 Å². The molecule has 2 heterocycles. The highest BCUT2D eigenvalue weighted by atomic mass is 35.5. The maximum atomic E-state index is 14.7. The standard InChI is InChI=1S/C23H20ClFN4O6S/c24-14-8-12(10-27-19(30)6-3-13-2-1-7-35-13)9-15(25)20(14)22(32)29-16(23(33)34)11-28-21(31)17-4-5-18(26)36-17/h1-9,16H,10-11,26H2,(H,27,30)(H,28,31)(H,29,32)(H,33,34)/b6-3+/t16-/m0/s1. The van der Waals surface area contributed by atoms with Crippen LogP contribution in [0.15, 0.2) is 53.2 Å². The molecule has 0 unspecified atom stereocenters. The van der Waals surface area contributed by atoms with E-state index in [0.717, 1.165) is 17.4 Å². The van der Waals surface area contributed by atoms with Crippen molar-refractivity contribution in [3.63, 3.8) is 0 Å². The van der Waals surface area contributed by atoms with Crippen molar-refractivity contribution in [3.8, 4) is 0 Å². The van der Waals surface area contributed by atoms with E-state index in [1.807, 2.05) is 0 Å². The van der Waals surface area contributed by atoms with Crippen molar-refractivity contribution in [2.24, 2.45) is 0 Å². The number of carboxylic acid groups (broad SMARTS) is 1. The normalized spacial score (nSPS) is 11.7. The van der Waals surface area contributed by atoms with Crippen LogP contribution in [0.4, 0.5) is 9.39 Å². The summed E-state index contributed by atoms with van der Waals surface area (Å²) in [6.45, 7) is -0.552. The van der Waals surface area contributed by atoms with Crippen LogP contribution < -0.4 is 21.7 Å². The molecule has 0 aliphatic heterocycles. The van der Waals surface area contributed by atoms with E-state index in [2.05, 4.69) is 16.0 Å². The number of nitrogen functional groups attached to an aromatic ring is 1. The molecule has 13 heteroatoms. The van der Waals surface area contributed by atoms with E-state index in [1.54, 1.807) is 12.1 Å². The van der Waals surface area contributed by atoms with Gasteiger partial charge in [-0.2, -0.15) is 0 Å². The summed E-state index contributed by atoms with van der Waals surface area (Å²) >= 11 is 7.09. The number of aliphatic carboxylic acids is 1. The predicted octanol–water partition coefficient (Wildman–Crippen LogP) is 2.66.